The quantitative estimate of drug-likeness (QED) is 0.121. The number of hydrogen-bond donors (Lipinski definition) is 0. The van der Waals surface area contributed by atoms with Crippen LogP contribution in [0.2, 0.25) is 0 Å². The van der Waals surface area contributed by atoms with E-state index >= 15 is 0 Å². The zero-order chi connectivity index (χ0) is 43.6. The minimum atomic E-state index is -0.0244. The van der Waals surface area contributed by atoms with Crippen LogP contribution < -0.4 is 0 Å². The molecular formula is C61H48N4. The van der Waals surface area contributed by atoms with Gasteiger partial charge in [0, 0.05) is 44.5 Å². The number of amidine groups is 1. The van der Waals surface area contributed by atoms with Crippen molar-refractivity contribution in [2.24, 2.45) is 21.8 Å². The third kappa shape index (κ3) is 6.64. The van der Waals surface area contributed by atoms with Crippen molar-refractivity contribution in [3.63, 3.8) is 0 Å². The summed E-state index contributed by atoms with van der Waals surface area (Å²) in [6.07, 6.45) is 14.5. The fourth-order valence-electron chi connectivity index (χ4n) is 10.8. The Labute approximate surface area is 380 Å². The van der Waals surface area contributed by atoms with Crippen LogP contribution in [0, 0.1) is 11.8 Å². The molecule has 0 saturated carbocycles. The number of rotatable bonds is 6. The average Bonchev–Trinajstić information content (AvgIpc) is 3.67. The fourth-order valence-corrected chi connectivity index (χ4v) is 10.8. The van der Waals surface area contributed by atoms with E-state index in [1.165, 1.54) is 49.6 Å². The highest BCUT2D eigenvalue weighted by Crippen LogP contribution is 2.51. The Hall–Kier alpha value is -7.65. The van der Waals surface area contributed by atoms with Crippen LogP contribution in [0.25, 0.3) is 72.2 Å². The minimum Gasteiger partial charge on any atom is -0.291 e. The van der Waals surface area contributed by atoms with Crippen LogP contribution in [0.3, 0.4) is 0 Å². The summed E-state index contributed by atoms with van der Waals surface area (Å²) in [5.74, 6) is 2.41. The molecule has 12 rings (SSSR count). The van der Waals surface area contributed by atoms with Gasteiger partial charge >= 0.3 is 0 Å². The predicted molar refractivity (Wildman–Crippen MR) is 272 cm³/mol. The van der Waals surface area contributed by atoms with Gasteiger partial charge < -0.3 is 0 Å². The summed E-state index contributed by atoms with van der Waals surface area (Å²) in [7, 11) is 0. The molecule has 6 aromatic carbocycles. The maximum Gasteiger partial charge on any atom is 0.160 e. The molecule has 1 aliphatic heterocycles. The number of hydrogen-bond acceptors (Lipinski definition) is 3. The molecule has 65 heavy (non-hydrogen) atoms. The Morgan fingerprint density at radius 1 is 0.615 bits per heavy atom. The van der Waals surface area contributed by atoms with E-state index in [9.17, 15) is 0 Å². The van der Waals surface area contributed by atoms with Crippen molar-refractivity contribution in [1.82, 2.24) is 9.38 Å². The number of pyridine rings is 1. The van der Waals surface area contributed by atoms with E-state index in [0.717, 1.165) is 86.9 Å². The van der Waals surface area contributed by atoms with Gasteiger partial charge in [-0.2, -0.15) is 0 Å². The molecule has 3 unspecified atom stereocenters. The van der Waals surface area contributed by atoms with Gasteiger partial charge in [0.2, 0.25) is 0 Å². The van der Waals surface area contributed by atoms with Crippen molar-refractivity contribution in [1.29, 1.82) is 0 Å². The van der Waals surface area contributed by atoms with E-state index in [1.807, 2.05) is 0 Å². The first-order valence-corrected chi connectivity index (χ1v) is 23.1. The lowest BCUT2D eigenvalue weighted by Crippen LogP contribution is -2.24. The van der Waals surface area contributed by atoms with Crippen LogP contribution in [0.5, 0.6) is 0 Å². The first-order valence-electron chi connectivity index (χ1n) is 23.1. The smallest absolute Gasteiger partial charge is 0.160 e. The average molecular weight is 837 g/mol. The number of allylic oxidation sites excluding steroid dienone is 7. The topological polar surface area (TPSA) is 42.0 Å². The van der Waals surface area contributed by atoms with Crippen molar-refractivity contribution in [2.45, 2.75) is 46.0 Å². The summed E-state index contributed by atoms with van der Waals surface area (Å²) in [4.78, 5) is 16.6. The van der Waals surface area contributed by atoms with Crippen molar-refractivity contribution in [3.05, 3.63) is 221 Å². The van der Waals surface area contributed by atoms with Gasteiger partial charge in [-0.3, -0.25) is 4.40 Å². The second-order valence-corrected chi connectivity index (χ2v) is 18.1. The molecule has 2 aromatic heterocycles. The molecule has 0 N–H and O–H groups in total. The summed E-state index contributed by atoms with van der Waals surface area (Å²) in [6.45, 7) is 6.86. The van der Waals surface area contributed by atoms with E-state index in [1.54, 1.807) is 0 Å². The Morgan fingerprint density at radius 3 is 2.00 bits per heavy atom. The van der Waals surface area contributed by atoms with E-state index in [-0.39, 0.29) is 5.92 Å². The second kappa shape index (κ2) is 15.9. The van der Waals surface area contributed by atoms with Gasteiger partial charge in [-0.25, -0.2) is 15.0 Å². The number of benzene rings is 6. The van der Waals surface area contributed by atoms with Gasteiger partial charge in [0.25, 0.3) is 0 Å². The molecule has 3 heterocycles. The predicted octanol–water partition coefficient (Wildman–Crippen LogP) is 15.4. The molecular weight excluding hydrogens is 789 g/mol. The summed E-state index contributed by atoms with van der Waals surface area (Å²) < 4.78 is 2.46. The third-order valence-corrected chi connectivity index (χ3v) is 13.8. The first-order chi connectivity index (χ1) is 32.0. The molecule has 0 fully saturated rings. The minimum absolute atomic E-state index is 0.0244. The fraction of sp³-hybridized carbons (Fsp3) is 0.148. The number of aliphatic imine (C=N–C) groups is 2. The first kappa shape index (κ1) is 39.0. The van der Waals surface area contributed by atoms with Crippen molar-refractivity contribution in [3.8, 4) is 33.8 Å². The Morgan fingerprint density at radius 2 is 1.26 bits per heavy atom. The lowest BCUT2D eigenvalue weighted by atomic mass is 9.69. The Balaban J connectivity index is 1.15. The van der Waals surface area contributed by atoms with Crippen molar-refractivity contribution in [2.75, 3.05) is 0 Å². The van der Waals surface area contributed by atoms with Gasteiger partial charge in [-0.15, -0.1) is 0 Å². The number of aromatic nitrogens is 2. The van der Waals surface area contributed by atoms with E-state index in [0.29, 0.717) is 11.8 Å². The summed E-state index contributed by atoms with van der Waals surface area (Å²) in [5, 5.41) is 3.69. The normalized spacial score (nSPS) is 19.3. The molecule has 0 saturated heterocycles. The van der Waals surface area contributed by atoms with Gasteiger partial charge in [-0.05, 0) is 82.9 Å². The molecule has 4 aliphatic rings. The van der Waals surface area contributed by atoms with E-state index < -0.39 is 0 Å². The maximum atomic E-state index is 5.65. The number of imidazole rings is 1. The zero-order valence-electron chi connectivity index (χ0n) is 37.0. The van der Waals surface area contributed by atoms with Crippen LogP contribution in [0.15, 0.2) is 214 Å². The van der Waals surface area contributed by atoms with Gasteiger partial charge in [0.05, 0.1) is 22.4 Å². The van der Waals surface area contributed by atoms with Crippen LogP contribution in [-0.4, -0.2) is 20.9 Å². The molecule has 4 heteroatoms. The maximum absolute atomic E-state index is 5.65. The summed E-state index contributed by atoms with van der Waals surface area (Å²) in [5.41, 5.74) is 22.1. The van der Waals surface area contributed by atoms with Crippen LogP contribution in [0.4, 0.5) is 0 Å². The highest BCUT2D eigenvalue weighted by atomic mass is 15.0. The molecule has 0 amide bonds. The van der Waals surface area contributed by atoms with Crippen LogP contribution in [0.1, 0.15) is 62.6 Å². The van der Waals surface area contributed by atoms with Crippen LogP contribution >= 0.6 is 0 Å². The van der Waals surface area contributed by atoms with Gasteiger partial charge in [-0.1, -0.05) is 196 Å². The van der Waals surface area contributed by atoms with Crippen LogP contribution in [-0.2, 0) is 0 Å². The monoisotopic (exact) mass is 836 g/mol. The molecule has 0 bridgehead atoms. The molecule has 0 radical (unpaired) electrons. The van der Waals surface area contributed by atoms with Crippen molar-refractivity contribution >= 4 is 50.0 Å². The van der Waals surface area contributed by atoms with Gasteiger partial charge in [0.15, 0.2) is 5.84 Å². The SMILES string of the molecule is CC1=C=C(c2ccccc2)N=C(C2=CC(C)CC=C2)N=C1C1CC2=C(c3c1ccc1c3c3ccccc3c3c(-c4ccccc4)nc(-c4ccc(-c5ccccc5)cc4)n13)C(C)CC=C2. The highest BCUT2D eigenvalue weighted by molar-refractivity contribution is 6.22. The summed E-state index contributed by atoms with van der Waals surface area (Å²) in [6, 6.07) is 54.5. The summed E-state index contributed by atoms with van der Waals surface area (Å²) >= 11 is 0. The molecule has 4 nitrogen and oxygen atoms in total. The highest BCUT2D eigenvalue weighted by Gasteiger charge is 2.36. The van der Waals surface area contributed by atoms with Crippen molar-refractivity contribution < 1.29 is 0 Å². The van der Waals surface area contributed by atoms with E-state index in [2.05, 4.69) is 213 Å². The lowest BCUT2D eigenvalue weighted by molar-refractivity contribution is 0.723. The number of nitrogens with zero attached hydrogens (tertiary/aromatic N) is 4. The second-order valence-electron chi connectivity index (χ2n) is 18.1. The Bertz CT molecular complexity index is 3500. The molecule has 0 spiro atoms. The lowest BCUT2D eigenvalue weighted by Gasteiger charge is -2.35. The standard InChI is InChI=1S/C61H48N4/c1-38-17-15-26-47(35-38)60-62-52(43-21-9-5-10-22-43)36-40(3)57(63-60)51-37-46-25-16-18-39(2)54(46)56-49(51)33-34-53-55(56)48-27-13-14-28-50(48)59-58(44-23-11-6-12-24-44)64-61(65(53)59)45-31-29-42(30-32-45)41-19-7-4-8-20-41/h4-16,19-35,38-39,51H,17-18,37H2,1-3H3. The zero-order valence-corrected chi connectivity index (χ0v) is 37.0. The third-order valence-electron chi connectivity index (χ3n) is 13.8. The van der Waals surface area contributed by atoms with E-state index in [4.69, 9.17) is 15.0 Å². The van der Waals surface area contributed by atoms with Gasteiger partial charge in [0.1, 0.15) is 11.5 Å². The largest absolute Gasteiger partial charge is 0.291 e. The Kier molecular flexibility index (Phi) is 9.51. The number of fused-ring (bicyclic) bond motifs is 9. The molecule has 312 valence electrons. The molecule has 3 aliphatic carbocycles. The molecule has 8 aromatic rings. The molecule has 3 atom stereocenters.